The van der Waals surface area contributed by atoms with E-state index in [-0.39, 0.29) is 29.1 Å². The molecule has 8 heteroatoms. The first-order valence-corrected chi connectivity index (χ1v) is 6.37. The van der Waals surface area contributed by atoms with Crippen LogP contribution in [0.2, 0.25) is 0 Å². The number of carbonyl (C=O) groups is 1. The van der Waals surface area contributed by atoms with Crippen molar-refractivity contribution in [1.29, 1.82) is 0 Å². The Balaban J connectivity index is 1.86. The molecule has 0 radical (unpaired) electrons. The molecule has 0 atom stereocenters. The smallest absolute Gasteiger partial charge is 0.277 e. The Bertz CT molecular complexity index is 575. The second kappa shape index (κ2) is 6.30. The third-order valence-corrected chi connectivity index (χ3v) is 2.92. The van der Waals surface area contributed by atoms with Crippen LogP contribution >= 0.6 is 11.8 Å². The summed E-state index contributed by atoms with van der Waals surface area (Å²) in [7, 11) is 0. The highest BCUT2D eigenvalue weighted by Gasteiger charge is 2.10. The standard InChI is InChI=1S/C11H11FN4O2S/c12-7-3-1-2-4-8(7)14-9(17)6-19-11-16-15-10(5-13)18-11/h1-4H,5-6,13H2,(H,14,17). The number of para-hydroxylation sites is 1. The van der Waals surface area contributed by atoms with Gasteiger partial charge < -0.3 is 15.5 Å². The van der Waals surface area contributed by atoms with Gasteiger partial charge in [0.25, 0.3) is 5.22 Å². The second-order valence-corrected chi connectivity index (χ2v) is 4.41. The van der Waals surface area contributed by atoms with Gasteiger partial charge in [0.1, 0.15) is 5.82 Å². The van der Waals surface area contributed by atoms with Crippen molar-refractivity contribution in [3.8, 4) is 0 Å². The summed E-state index contributed by atoms with van der Waals surface area (Å²) in [4.78, 5) is 11.6. The van der Waals surface area contributed by atoms with Crippen molar-refractivity contribution in [2.24, 2.45) is 5.73 Å². The number of amides is 1. The van der Waals surface area contributed by atoms with Crippen LogP contribution in [0, 0.1) is 5.82 Å². The highest BCUT2D eigenvalue weighted by atomic mass is 32.2. The molecule has 1 aromatic heterocycles. The Kier molecular flexibility index (Phi) is 4.48. The van der Waals surface area contributed by atoms with Crippen molar-refractivity contribution in [3.63, 3.8) is 0 Å². The number of carbonyl (C=O) groups excluding carboxylic acids is 1. The summed E-state index contributed by atoms with van der Waals surface area (Å²) in [5, 5.41) is 10.1. The second-order valence-electron chi connectivity index (χ2n) is 3.48. The van der Waals surface area contributed by atoms with Gasteiger partial charge in [-0.15, -0.1) is 10.2 Å². The van der Waals surface area contributed by atoms with E-state index in [2.05, 4.69) is 15.5 Å². The fourth-order valence-corrected chi connectivity index (χ4v) is 1.84. The van der Waals surface area contributed by atoms with Crippen molar-refractivity contribution in [1.82, 2.24) is 10.2 Å². The molecule has 0 aliphatic heterocycles. The molecular formula is C11H11FN4O2S. The van der Waals surface area contributed by atoms with Crippen LogP contribution in [0.1, 0.15) is 5.89 Å². The minimum Gasteiger partial charge on any atom is -0.415 e. The predicted octanol–water partition coefficient (Wildman–Crippen LogP) is 1.40. The summed E-state index contributed by atoms with van der Waals surface area (Å²) < 4.78 is 18.4. The van der Waals surface area contributed by atoms with Gasteiger partial charge in [-0.1, -0.05) is 23.9 Å². The molecule has 1 aromatic carbocycles. The van der Waals surface area contributed by atoms with Gasteiger partial charge in [0.05, 0.1) is 18.0 Å². The van der Waals surface area contributed by atoms with Gasteiger partial charge >= 0.3 is 0 Å². The first kappa shape index (κ1) is 13.5. The molecule has 19 heavy (non-hydrogen) atoms. The molecule has 0 spiro atoms. The number of rotatable bonds is 5. The molecule has 0 aliphatic carbocycles. The Labute approximate surface area is 112 Å². The first-order chi connectivity index (χ1) is 9.19. The van der Waals surface area contributed by atoms with Crippen LogP contribution in [-0.2, 0) is 11.3 Å². The number of nitrogens with two attached hydrogens (primary N) is 1. The lowest BCUT2D eigenvalue weighted by atomic mass is 10.3. The van der Waals surface area contributed by atoms with Gasteiger partial charge in [-0.2, -0.15) is 0 Å². The van der Waals surface area contributed by atoms with Gasteiger partial charge in [0.2, 0.25) is 11.8 Å². The monoisotopic (exact) mass is 282 g/mol. The number of anilines is 1. The van der Waals surface area contributed by atoms with Crippen LogP contribution in [0.15, 0.2) is 33.9 Å². The molecule has 0 aliphatic rings. The number of benzene rings is 1. The summed E-state index contributed by atoms with van der Waals surface area (Å²) in [6, 6.07) is 5.94. The normalized spacial score (nSPS) is 10.4. The van der Waals surface area contributed by atoms with Crippen LogP contribution in [0.3, 0.4) is 0 Å². The zero-order valence-corrected chi connectivity index (χ0v) is 10.6. The van der Waals surface area contributed by atoms with Crippen molar-refractivity contribution in [2.75, 3.05) is 11.1 Å². The predicted molar refractivity (Wildman–Crippen MR) is 67.9 cm³/mol. The largest absolute Gasteiger partial charge is 0.415 e. The van der Waals surface area contributed by atoms with E-state index < -0.39 is 5.82 Å². The molecular weight excluding hydrogens is 271 g/mol. The summed E-state index contributed by atoms with van der Waals surface area (Å²) in [6.45, 7) is 0.148. The molecule has 3 N–H and O–H groups in total. The van der Waals surface area contributed by atoms with Gasteiger partial charge in [-0.3, -0.25) is 4.79 Å². The van der Waals surface area contributed by atoms with Crippen molar-refractivity contribution >= 4 is 23.4 Å². The average molecular weight is 282 g/mol. The minimum atomic E-state index is -0.482. The molecule has 0 saturated heterocycles. The summed E-state index contributed by atoms with van der Waals surface area (Å²) in [6.07, 6.45) is 0. The number of nitrogens with zero attached hydrogens (tertiary/aromatic N) is 2. The van der Waals surface area contributed by atoms with E-state index >= 15 is 0 Å². The van der Waals surface area contributed by atoms with Gasteiger partial charge in [0, 0.05) is 0 Å². The Morgan fingerprint density at radius 3 is 2.89 bits per heavy atom. The Hall–Kier alpha value is -1.93. The maximum Gasteiger partial charge on any atom is 0.277 e. The fourth-order valence-electron chi connectivity index (χ4n) is 1.26. The molecule has 2 aromatic rings. The van der Waals surface area contributed by atoms with E-state index in [1.54, 1.807) is 12.1 Å². The van der Waals surface area contributed by atoms with E-state index in [9.17, 15) is 9.18 Å². The zero-order valence-electron chi connectivity index (χ0n) is 9.80. The topological polar surface area (TPSA) is 94.0 Å². The molecule has 1 heterocycles. The molecule has 100 valence electrons. The lowest BCUT2D eigenvalue weighted by molar-refractivity contribution is -0.113. The van der Waals surface area contributed by atoms with E-state index in [4.69, 9.17) is 10.2 Å². The molecule has 0 bridgehead atoms. The lowest BCUT2D eigenvalue weighted by Crippen LogP contribution is -2.14. The minimum absolute atomic E-state index is 0.0422. The quantitative estimate of drug-likeness (QED) is 0.805. The number of halogens is 1. The molecule has 6 nitrogen and oxygen atoms in total. The third-order valence-electron chi connectivity index (χ3n) is 2.10. The summed E-state index contributed by atoms with van der Waals surface area (Å²) in [5.74, 6) is -0.496. The average Bonchev–Trinajstić information content (AvgIpc) is 2.87. The van der Waals surface area contributed by atoms with Crippen molar-refractivity contribution in [2.45, 2.75) is 11.8 Å². The maximum atomic E-state index is 13.3. The summed E-state index contributed by atoms with van der Waals surface area (Å²) >= 11 is 1.06. The van der Waals surface area contributed by atoms with Gasteiger partial charge in [0.15, 0.2) is 0 Å². The van der Waals surface area contributed by atoms with E-state index in [1.165, 1.54) is 12.1 Å². The van der Waals surface area contributed by atoms with Crippen LogP contribution < -0.4 is 11.1 Å². The first-order valence-electron chi connectivity index (χ1n) is 5.38. The lowest BCUT2D eigenvalue weighted by Gasteiger charge is -2.04. The van der Waals surface area contributed by atoms with E-state index in [0.29, 0.717) is 5.89 Å². The van der Waals surface area contributed by atoms with Crippen LogP contribution in [0.25, 0.3) is 0 Å². The van der Waals surface area contributed by atoms with Crippen molar-refractivity contribution < 1.29 is 13.6 Å². The molecule has 0 fully saturated rings. The SMILES string of the molecule is NCc1nnc(SCC(=O)Nc2ccccc2F)o1. The Morgan fingerprint density at radius 2 is 2.21 bits per heavy atom. The Morgan fingerprint density at radius 1 is 1.42 bits per heavy atom. The summed E-state index contributed by atoms with van der Waals surface area (Å²) in [5.41, 5.74) is 5.45. The number of aromatic nitrogens is 2. The highest BCUT2D eigenvalue weighted by Crippen LogP contribution is 2.17. The molecule has 2 rings (SSSR count). The van der Waals surface area contributed by atoms with E-state index in [1.807, 2.05) is 0 Å². The number of nitrogens with one attached hydrogen (secondary N) is 1. The number of hydrogen-bond donors (Lipinski definition) is 2. The zero-order chi connectivity index (χ0) is 13.7. The third kappa shape index (κ3) is 3.76. The van der Waals surface area contributed by atoms with Crippen LogP contribution in [0.5, 0.6) is 0 Å². The molecule has 0 saturated carbocycles. The number of hydrogen-bond acceptors (Lipinski definition) is 6. The van der Waals surface area contributed by atoms with Crippen LogP contribution in [-0.4, -0.2) is 21.9 Å². The van der Waals surface area contributed by atoms with E-state index in [0.717, 1.165) is 11.8 Å². The molecule has 0 unspecified atom stereocenters. The highest BCUT2D eigenvalue weighted by molar-refractivity contribution is 7.99. The fraction of sp³-hybridized carbons (Fsp3) is 0.182. The number of thioether (sulfide) groups is 1. The van der Waals surface area contributed by atoms with Crippen molar-refractivity contribution in [3.05, 3.63) is 36.0 Å². The maximum absolute atomic E-state index is 13.3. The van der Waals surface area contributed by atoms with Crippen LogP contribution in [0.4, 0.5) is 10.1 Å². The van der Waals surface area contributed by atoms with Gasteiger partial charge in [-0.05, 0) is 12.1 Å². The van der Waals surface area contributed by atoms with Gasteiger partial charge in [-0.25, -0.2) is 4.39 Å². The molecule has 1 amide bonds.